The lowest BCUT2D eigenvalue weighted by Crippen LogP contribution is -2.54. The van der Waals surface area contributed by atoms with Gasteiger partial charge in [-0.1, -0.05) is 0 Å². The molecule has 1 heterocycles. The summed E-state index contributed by atoms with van der Waals surface area (Å²) < 4.78 is 5.32. The van der Waals surface area contributed by atoms with Gasteiger partial charge >= 0.3 is 0 Å². The molecular weight excluding hydrogens is 212 g/mol. The topological polar surface area (TPSA) is 24.5 Å². The molecule has 15 heavy (non-hydrogen) atoms. The van der Waals surface area contributed by atoms with Gasteiger partial charge in [0.25, 0.3) is 0 Å². The number of alkyl halides is 1. The molecule has 2 aliphatic rings. The molecule has 0 unspecified atom stereocenters. The van der Waals surface area contributed by atoms with Crippen LogP contribution in [-0.2, 0) is 4.74 Å². The zero-order valence-corrected chi connectivity index (χ0v) is 10.1. The van der Waals surface area contributed by atoms with E-state index in [1.54, 1.807) is 0 Å². The Balaban J connectivity index is 1.61. The molecule has 1 aliphatic heterocycles. The molecule has 0 amide bonds. The highest BCUT2D eigenvalue weighted by atomic mass is 35.5. The maximum atomic E-state index is 5.99. The molecule has 2 rings (SSSR count). The summed E-state index contributed by atoms with van der Waals surface area (Å²) >= 11 is 5.99. The molecule has 0 aromatic heterocycles. The van der Waals surface area contributed by atoms with E-state index in [-0.39, 0.29) is 5.54 Å². The van der Waals surface area contributed by atoms with Crippen molar-refractivity contribution in [2.24, 2.45) is 0 Å². The van der Waals surface area contributed by atoms with Gasteiger partial charge in [0, 0.05) is 37.6 Å². The third-order valence-corrected chi connectivity index (χ3v) is 4.11. The number of morpholine rings is 1. The Morgan fingerprint density at radius 2 is 2.00 bits per heavy atom. The van der Waals surface area contributed by atoms with Crippen LogP contribution < -0.4 is 5.32 Å². The summed E-state index contributed by atoms with van der Waals surface area (Å²) in [6.07, 6.45) is 3.83. The second-order valence-corrected chi connectivity index (χ2v) is 4.92. The smallest absolute Gasteiger partial charge is 0.0594 e. The van der Waals surface area contributed by atoms with Crippen molar-refractivity contribution in [3.05, 3.63) is 0 Å². The van der Waals surface area contributed by atoms with Crippen molar-refractivity contribution >= 4 is 11.6 Å². The SMILES string of the molecule is ClCC1(NCCN2CCOCC2)CCC1. The van der Waals surface area contributed by atoms with E-state index in [1.165, 1.54) is 19.3 Å². The van der Waals surface area contributed by atoms with E-state index < -0.39 is 0 Å². The maximum Gasteiger partial charge on any atom is 0.0594 e. The largest absolute Gasteiger partial charge is 0.379 e. The van der Waals surface area contributed by atoms with Crippen molar-refractivity contribution in [1.82, 2.24) is 10.2 Å². The van der Waals surface area contributed by atoms with Crippen LogP contribution in [-0.4, -0.2) is 55.7 Å². The van der Waals surface area contributed by atoms with Gasteiger partial charge in [-0.05, 0) is 19.3 Å². The number of halogens is 1. The highest BCUT2D eigenvalue weighted by Crippen LogP contribution is 2.32. The normalized spacial score (nSPS) is 26.2. The lowest BCUT2D eigenvalue weighted by Gasteiger charge is -2.42. The van der Waals surface area contributed by atoms with Gasteiger partial charge in [0.15, 0.2) is 0 Å². The van der Waals surface area contributed by atoms with Crippen molar-refractivity contribution in [2.45, 2.75) is 24.8 Å². The van der Waals surface area contributed by atoms with Gasteiger partial charge in [-0.15, -0.1) is 11.6 Å². The van der Waals surface area contributed by atoms with E-state index in [9.17, 15) is 0 Å². The fourth-order valence-electron chi connectivity index (χ4n) is 2.27. The van der Waals surface area contributed by atoms with Crippen molar-refractivity contribution in [1.29, 1.82) is 0 Å². The van der Waals surface area contributed by atoms with E-state index in [4.69, 9.17) is 16.3 Å². The Morgan fingerprint density at radius 3 is 2.53 bits per heavy atom. The average Bonchev–Trinajstić information content (AvgIpc) is 2.24. The molecule has 0 atom stereocenters. The van der Waals surface area contributed by atoms with Gasteiger partial charge in [0.2, 0.25) is 0 Å². The second-order valence-electron chi connectivity index (χ2n) is 4.65. The van der Waals surface area contributed by atoms with E-state index in [1.807, 2.05) is 0 Å². The Morgan fingerprint density at radius 1 is 1.27 bits per heavy atom. The highest BCUT2D eigenvalue weighted by molar-refractivity contribution is 6.18. The van der Waals surface area contributed by atoms with Gasteiger partial charge in [-0.2, -0.15) is 0 Å². The maximum absolute atomic E-state index is 5.99. The monoisotopic (exact) mass is 232 g/mol. The van der Waals surface area contributed by atoms with Crippen LogP contribution in [0.2, 0.25) is 0 Å². The molecule has 4 heteroatoms. The quantitative estimate of drug-likeness (QED) is 0.718. The standard InChI is InChI=1S/C11H21ClN2O/c12-10-11(2-1-3-11)13-4-5-14-6-8-15-9-7-14/h13H,1-10H2. The minimum absolute atomic E-state index is 0.272. The van der Waals surface area contributed by atoms with Crippen molar-refractivity contribution in [3.8, 4) is 0 Å². The van der Waals surface area contributed by atoms with Gasteiger partial charge in [0.1, 0.15) is 0 Å². The molecule has 3 nitrogen and oxygen atoms in total. The summed E-state index contributed by atoms with van der Waals surface area (Å²) in [5, 5.41) is 3.62. The van der Waals surface area contributed by atoms with Gasteiger partial charge in [-0.3, -0.25) is 4.90 Å². The van der Waals surface area contributed by atoms with Crippen LogP contribution in [0.3, 0.4) is 0 Å². The molecule has 1 saturated heterocycles. The van der Waals surface area contributed by atoms with Crippen LogP contribution in [0.25, 0.3) is 0 Å². The van der Waals surface area contributed by atoms with Crippen LogP contribution in [0, 0.1) is 0 Å². The molecule has 0 spiro atoms. The first-order valence-electron chi connectivity index (χ1n) is 5.96. The van der Waals surface area contributed by atoms with Crippen molar-refractivity contribution in [3.63, 3.8) is 0 Å². The fourth-order valence-corrected chi connectivity index (χ4v) is 2.63. The van der Waals surface area contributed by atoms with Crippen molar-refractivity contribution < 1.29 is 4.74 Å². The number of hydrogen-bond donors (Lipinski definition) is 1. The minimum Gasteiger partial charge on any atom is -0.379 e. The summed E-state index contributed by atoms with van der Waals surface area (Å²) in [6, 6.07) is 0. The van der Waals surface area contributed by atoms with Crippen LogP contribution >= 0.6 is 11.6 Å². The molecule has 0 bridgehead atoms. The predicted molar refractivity (Wildman–Crippen MR) is 62.6 cm³/mol. The number of nitrogens with zero attached hydrogens (tertiary/aromatic N) is 1. The predicted octanol–water partition coefficient (Wildman–Crippen LogP) is 1.07. The van der Waals surface area contributed by atoms with Crippen LogP contribution in [0.15, 0.2) is 0 Å². The number of rotatable bonds is 5. The van der Waals surface area contributed by atoms with E-state index >= 15 is 0 Å². The van der Waals surface area contributed by atoms with E-state index in [0.29, 0.717) is 0 Å². The lowest BCUT2D eigenvalue weighted by molar-refractivity contribution is 0.0366. The molecule has 1 N–H and O–H groups in total. The minimum atomic E-state index is 0.272. The molecule has 88 valence electrons. The van der Waals surface area contributed by atoms with Gasteiger partial charge in [-0.25, -0.2) is 0 Å². The Bertz CT molecular complexity index is 186. The summed E-state index contributed by atoms with van der Waals surface area (Å²) in [4.78, 5) is 2.46. The molecule has 1 saturated carbocycles. The van der Waals surface area contributed by atoms with Gasteiger partial charge < -0.3 is 10.1 Å². The van der Waals surface area contributed by atoms with Gasteiger partial charge in [0.05, 0.1) is 13.2 Å². The first-order chi connectivity index (χ1) is 7.35. The molecule has 0 aromatic carbocycles. The average molecular weight is 233 g/mol. The molecule has 0 aromatic rings. The highest BCUT2D eigenvalue weighted by Gasteiger charge is 2.35. The Labute approximate surface area is 97.1 Å². The number of nitrogens with one attached hydrogen (secondary N) is 1. The Hall–Kier alpha value is 0.170. The van der Waals surface area contributed by atoms with Crippen LogP contribution in [0.4, 0.5) is 0 Å². The summed E-state index contributed by atoms with van der Waals surface area (Å²) in [7, 11) is 0. The van der Waals surface area contributed by atoms with E-state index in [2.05, 4.69) is 10.2 Å². The first-order valence-corrected chi connectivity index (χ1v) is 6.49. The zero-order valence-electron chi connectivity index (χ0n) is 9.30. The summed E-state index contributed by atoms with van der Waals surface area (Å²) in [6.45, 7) is 6.13. The number of ether oxygens (including phenoxy) is 1. The third kappa shape index (κ3) is 3.06. The molecule has 0 radical (unpaired) electrons. The fraction of sp³-hybridized carbons (Fsp3) is 1.00. The van der Waals surface area contributed by atoms with Crippen molar-refractivity contribution in [2.75, 3.05) is 45.3 Å². The summed E-state index contributed by atoms with van der Waals surface area (Å²) in [5.74, 6) is 0.760. The molecule has 1 aliphatic carbocycles. The Kier molecular flexibility index (Phi) is 4.26. The lowest BCUT2D eigenvalue weighted by atomic mass is 9.78. The molecule has 2 fully saturated rings. The van der Waals surface area contributed by atoms with E-state index in [0.717, 1.165) is 45.3 Å². The zero-order chi connectivity index (χ0) is 10.6. The summed E-state index contributed by atoms with van der Waals surface area (Å²) in [5.41, 5.74) is 0.272. The molecular formula is C11H21ClN2O. The first kappa shape index (κ1) is 11.6. The second kappa shape index (κ2) is 5.48. The van der Waals surface area contributed by atoms with Crippen LogP contribution in [0.1, 0.15) is 19.3 Å². The van der Waals surface area contributed by atoms with Crippen LogP contribution in [0.5, 0.6) is 0 Å². The number of hydrogen-bond acceptors (Lipinski definition) is 3. The third-order valence-electron chi connectivity index (χ3n) is 3.60.